The summed E-state index contributed by atoms with van der Waals surface area (Å²) in [5.41, 5.74) is 2.00. The molecular formula is C21H26O2. The van der Waals surface area contributed by atoms with Crippen molar-refractivity contribution in [2.24, 2.45) is 23.2 Å². The number of fused-ring (bicyclic) bond motifs is 5. The van der Waals surface area contributed by atoms with Crippen molar-refractivity contribution in [1.82, 2.24) is 0 Å². The van der Waals surface area contributed by atoms with Crippen molar-refractivity contribution < 1.29 is 9.90 Å². The molecule has 0 unspecified atom stereocenters. The molecule has 23 heavy (non-hydrogen) atoms. The molecule has 5 atom stereocenters. The molecule has 1 N–H and O–H groups in total. The van der Waals surface area contributed by atoms with Gasteiger partial charge in [-0.25, -0.2) is 0 Å². The summed E-state index contributed by atoms with van der Waals surface area (Å²) in [4.78, 5) is 11.7. The van der Waals surface area contributed by atoms with Crippen LogP contribution in [0.2, 0.25) is 0 Å². The summed E-state index contributed by atoms with van der Waals surface area (Å²) >= 11 is 0. The van der Waals surface area contributed by atoms with Crippen LogP contribution < -0.4 is 0 Å². The van der Waals surface area contributed by atoms with Crippen LogP contribution in [0.3, 0.4) is 0 Å². The van der Waals surface area contributed by atoms with Crippen LogP contribution >= 0.6 is 0 Å². The molecule has 4 rings (SSSR count). The highest BCUT2D eigenvalue weighted by molar-refractivity contribution is 5.91. The number of carbonyl (C=O) groups is 1. The molecule has 0 spiro atoms. The highest BCUT2D eigenvalue weighted by atomic mass is 16.3. The molecule has 0 saturated heterocycles. The minimum absolute atomic E-state index is 0.115. The van der Waals surface area contributed by atoms with Gasteiger partial charge in [0.1, 0.15) is 5.60 Å². The fourth-order valence-corrected chi connectivity index (χ4v) is 5.94. The van der Waals surface area contributed by atoms with Crippen LogP contribution in [0, 0.1) is 35.0 Å². The lowest BCUT2D eigenvalue weighted by atomic mass is 9.55. The Morgan fingerprint density at radius 3 is 2.87 bits per heavy atom. The lowest BCUT2D eigenvalue weighted by Crippen LogP contribution is -2.48. The molecule has 4 aliphatic rings. The zero-order valence-electron chi connectivity index (χ0n) is 14.2. The average molecular weight is 310 g/mol. The molecule has 2 nitrogen and oxygen atoms in total. The van der Waals surface area contributed by atoms with Gasteiger partial charge in [-0.05, 0) is 63.4 Å². The van der Waals surface area contributed by atoms with Gasteiger partial charge in [-0.1, -0.05) is 30.1 Å². The second-order valence-corrected chi connectivity index (χ2v) is 8.13. The van der Waals surface area contributed by atoms with Gasteiger partial charge in [0.25, 0.3) is 0 Å². The fourth-order valence-electron chi connectivity index (χ4n) is 5.94. The van der Waals surface area contributed by atoms with Crippen LogP contribution in [-0.2, 0) is 4.79 Å². The lowest BCUT2D eigenvalue weighted by Gasteiger charge is -2.50. The average Bonchev–Trinajstić information content (AvgIpc) is 2.79. The summed E-state index contributed by atoms with van der Waals surface area (Å²) < 4.78 is 0. The maximum absolute atomic E-state index is 11.7. The number of allylic oxidation sites excluding steroid dienone is 4. The van der Waals surface area contributed by atoms with Gasteiger partial charge in [0.2, 0.25) is 0 Å². The molecule has 0 aromatic carbocycles. The first kappa shape index (κ1) is 15.2. The third-order valence-electron chi connectivity index (χ3n) is 7.21. The minimum Gasteiger partial charge on any atom is -0.377 e. The largest absolute Gasteiger partial charge is 0.377 e. The fraction of sp³-hybridized carbons (Fsp3) is 0.667. The molecule has 0 aromatic rings. The van der Waals surface area contributed by atoms with Crippen molar-refractivity contribution in [1.29, 1.82) is 0 Å². The van der Waals surface area contributed by atoms with Gasteiger partial charge in [0.05, 0.1) is 0 Å². The van der Waals surface area contributed by atoms with E-state index < -0.39 is 5.60 Å². The van der Waals surface area contributed by atoms with Crippen LogP contribution in [0.25, 0.3) is 0 Å². The maximum Gasteiger partial charge on any atom is 0.155 e. The normalized spacial score (nSPS) is 45.0. The van der Waals surface area contributed by atoms with E-state index in [-0.39, 0.29) is 5.41 Å². The summed E-state index contributed by atoms with van der Waals surface area (Å²) in [5, 5.41) is 11.1. The van der Waals surface area contributed by atoms with Crippen molar-refractivity contribution in [3.63, 3.8) is 0 Å². The van der Waals surface area contributed by atoms with E-state index in [1.165, 1.54) is 5.57 Å². The maximum atomic E-state index is 11.7. The van der Waals surface area contributed by atoms with E-state index in [0.717, 1.165) is 38.5 Å². The second-order valence-electron chi connectivity index (χ2n) is 8.13. The molecule has 0 heterocycles. The molecule has 0 bridgehead atoms. The number of hydrogen-bond donors (Lipinski definition) is 1. The summed E-state index contributed by atoms with van der Waals surface area (Å²) in [5.74, 6) is 8.03. The molecule has 0 aliphatic heterocycles. The Balaban J connectivity index is 1.72. The van der Waals surface area contributed by atoms with E-state index in [4.69, 9.17) is 0 Å². The van der Waals surface area contributed by atoms with E-state index in [2.05, 4.69) is 24.8 Å². The molecule has 2 fully saturated rings. The number of aliphatic hydroxyl groups is 1. The lowest BCUT2D eigenvalue weighted by molar-refractivity contribution is -0.115. The molecule has 0 aromatic heterocycles. The summed E-state index contributed by atoms with van der Waals surface area (Å²) in [6.07, 6.45) is 11.0. The molecular weight excluding hydrogens is 284 g/mol. The minimum atomic E-state index is -0.826. The van der Waals surface area contributed by atoms with Gasteiger partial charge >= 0.3 is 0 Å². The van der Waals surface area contributed by atoms with E-state index in [1.54, 1.807) is 5.57 Å². The van der Waals surface area contributed by atoms with Gasteiger partial charge in [-0.3, -0.25) is 4.79 Å². The molecule has 0 amide bonds. The smallest absolute Gasteiger partial charge is 0.155 e. The first-order valence-electron chi connectivity index (χ1n) is 9.08. The van der Waals surface area contributed by atoms with Crippen molar-refractivity contribution in [2.75, 3.05) is 0 Å². The third kappa shape index (κ3) is 2.02. The second kappa shape index (κ2) is 5.08. The zero-order valence-corrected chi connectivity index (χ0v) is 14.2. The highest BCUT2D eigenvalue weighted by Gasteiger charge is 2.60. The van der Waals surface area contributed by atoms with Gasteiger partial charge < -0.3 is 5.11 Å². The first-order valence-corrected chi connectivity index (χ1v) is 9.08. The highest BCUT2D eigenvalue weighted by Crippen LogP contribution is 2.62. The number of carbonyl (C=O) groups excluding carboxylic acids is 1. The van der Waals surface area contributed by atoms with Crippen LogP contribution in [0.4, 0.5) is 0 Å². The van der Waals surface area contributed by atoms with E-state index in [1.807, 2.05) is 13.0 Å². The predicted molar refractivity (Wildman–Crippen MR) is 90.5 cm³/mol. The van der Waals surface area contributed by atoms with Crippen molar-refractivity contribution in [3.05, 3.63) is 23.3 Å². The van der Waals surface area contributed by atoms with Crippen molar-refractivity contribution >= 4 is 5.78 Å². The van der Waals surface area contributed by atoms with Crippen LogP contribution in [0.5, 0.6) is 0 Å². The topological polar surface area (TPSA) is 37.3 Å². The van der Waals surface area contributed by atoms with Crippen LogP contribution in [0.15, 0.2) is 23.3 Å². The van der Waals surface area contributed by atoms with Crippen LogP contribution in [-0.4, -0.2) is 16.5 Å². The Bertz CT molecular complexity index is 674. The van der Waals surface area contributed by atoms with E-state index >= 15 is 0 Å². The summed E-state index contributed by atoms with van der Waals surface area (Å²) in [6.45, 7) is 4.08. The van der Waals surface area contributed by atoms with Gasteiger partial charge in [-0.2, -0.15) is 0 Å². The van der Waals surface area contributed by atoms with Crippen molar-refractivity contribution in [3.8, 4) is 11.8 Å². The van der Waals surface area contributed by atoms with E-state index in [9.17, 15) is 9.90 Å². The molecule has 0 radical (unpaired) electrons. The molecule has 2 heteroatoms. The van der Waals surface area contributed by atoms with Crippen LogP contribution in [0.1, 0.15) is 58.8 Å². The Labute approximate surface area is 139 Å². The van der Waals surface area contributed by atoms with Gasteiger partial charge in [0, 0.05) is 17.8 Å². The monoisotopic (exact) mass is 310 g/mol. The Hall–Kier alpha value is -1.33. The van der Waals surface area contributed by atoms with Crippen molar-refractivity contribution in [2.45, 2.75) is 64.4 Å². The zero-order chi connectivity index (χ0) is 16.2. The Kier molecular flexibility index (Phi) is 3.36. The molecule has 122 valence electrons. The van der Waals surface area contributed by atoms with Gasteiger partial charge in [-0.15, -0.1) is 5.92 Å². The molecule has 4 aliphatic carbocycles. The quantitative estimate of drug-likeness (QED) is 0.546. The SMILES string of the molecule is CC#C[C@]1(O)CC[C@H]2[C@@H]3CCC4=CC(=O)CC[C@@H]4C3=CC[C@@]21C. The number of hydrogen-bond acceptors (Lipinski definition) is 2. The third-order valence-corrected chi connectivity index (χ3v) is 7.21. The predicted octanol–water partition coefficient (Wildman–Crippen LogP) is 3.80. The standard InChI is InChI=1S/C21H26O2/c1-3-10-21(23)12-9-19-18-6-4-14-13-15(22)5-7-16(14)17(18)8-11-20(19,21)2/h8,13,16,18-19,23H,4-7,9,11-12H2,1-2H3/t16-,18+,19-,20-,21-/m0/s1. The van der Waals surface area contributed by atoms with E-state index in [0.29, 0.717) is 30.0 Å². The first-order chi connectivity index (χ1) is 11.0. The Morgan fingerprint density at radius 1 is 1.26 bits per heavy atom. The summed E-state index contributed by atoms with van der Waals surface area (Å²) in [7, 11) is 0. The van der Waals surface area contributed by atoms with Gasteiger partial charge in [0.15, 0.2) is 5.78 Å². The number of rotatable bonds is 0. The summed E-state index contributed by atoms with van der Waals surface area (Å²) in [6, 6.07) is 0. The number of ketones is 1. The molecule has 2 saturated carbocycles. The Morgan fingerprint density at radius 2 is 2.09 bits per heavy atom.